The van der Waals surface area contributed by atoms with Crippen LogP contribution in [0.5, 0.6) is 0 Å². The normalized spacial score (nSPS) is 46.4. The van der Waals surface area contributed by atoms with Crippen LogP contribution in [0.1, 0.15) is 120 Å². The molecule has 0 aromatic carbocycles. The van der Waals surface area contributed by atoms with Crippen LogP contribution in [0, 0.1) is 34.0 Å². The van der Waals surface area contributed by atoms with Crippen LogP contribution >= 0.6 is 0 Å². The molecule has 1 N–H and O–H groups in total. The van der Waals surface area contributed by atoms with Gasteiger partial charge in [0.1, 0.15) is 5.78 Å². The molecule has 3 nitrogen and oxygen atoms in total. The standard InChI is InChI=1S/C30H50O3/c1-20(2)10-9-16-29(7,32)25-15-19-30(8,33-25)23-12-11-22-27(5)18-14-24(31)26(3,4)21(27)13-17-28(22,23)6/h10,21-23,25,32H,9,11-19H2,1-8H3/t21-,22+,23-,25?,27-,28+,29?,30-/m0/s1. The molecule has 3 heteroatoms. The Morgan fingerprint density at radius 1 is 0.970 bits per heavy atom. The zero-order chi connectivity index (χ0) is 24.4. The van der Waals surface area contributed by atoms with Gasteiger partial charge in [-0.3, -0.25) is 4.79 Å². The first-order valence-corrected chi connectivity index (χ1v) is 13.7. The minimum absolute atomic E-state index is 0.0751. The van der Waals surface area contributed by atoms with Crippen LogP contribution in [0.4, 0.5) is 0 Å². The van der Waals surface area contributed by atoms with Gasteiger partial charge in [0.15, 0.2) is 0 Å². The van der Waals surface area contributed by atoms with Gasteiger partial charge < -0.3 is 9.84 Å². The van der Waals surface area contributed by atoms with E-state index in [2.05, 4.69) is 54.5 Å². The first kappa shape index (κ1) is 25.4. The SMILES string of the molecule is CC(C)=CCCC(C)(O)C1CC[C@@](C)([C@H]2CC[C@@H]3[C@@]4(C)CCC(=O)C(C)(C)[C@@H]4CC[C@]32C)O1. The molecule has 0 radical (unpaired) electrons. The predicted molar refractivity (Wildman–Crippen MR) is 135 cm³/mol. The average molecular weight is 459 g/mol. The van der Waals surface area contributed by atoms with Crippen molar-refractivity contribution >= 4 is 5.78 Å². The fraction of sp³-hybridized carbons (Fsp3) is 0.900. The van der Waals surface area contributed by atoms with E-state index >= 15 is 0 Å². The van der Waals surface area contributed by atoms with Crippen LogP contribution < -0.4 is 0 Å². The summed E-state index contributed by atoms with van der Waals surface area (Å²) in [6.45, 7) is 18.1. The number of hydrogen-bond acceptors (Lipinski definition) is 3. The van der Waals surface area contributed by atoms with E-state index in [4.69, 9.17) is 4.74 Å². The summed E-state index contributed by atoms with van der Waals surface area (Å²) in [5, 5.41) is 11.3. The number of hydrogen-bond donors (Lipinski definition) is 1. The lowest BCUT2D eigenvalue weighted by Gasteiger charge is -2.62. The quantitative estimate of drug-likeness (QED) is 0.441. The Hall–Kier alpha value is -0.670. The molecule has 1 aliphatic heterocycles. The predicted octanol–water partition coefficient (Wildman–Crippen LogP) is 7.26. The van der Waals surface area contributed by atoms with Gasteiger partial charge >= 0.3 is 0 Å². The summed E-state index contributed by atoms with van der Waals surface area (Å²) in [6.07, 6.45) is 12.5. The summed E-state index contributed by atoms with van der Waals surface area (Å²) in [5.41, 5.74) is 0.708. The first-order valence-electron chi connectivity index (χ1n) is 13.7. The monoisotopic (exact) mass is 458 g/mol. The second-order valence-corrected chi connectivity index (χ2v) is 14.1. The number of allylic oxidation sites excluding steroid dienone is 2. The Kier molecular flexibility index (Phi) is 6.31. The van der Waals surface area contributed by atoms with E-state index in [1.54, 1.807) is 0 Å². The molecule has 0 amide bonds. The van der Waals surface area contributed by atoms with Crippen molar-refractivity contribution in [2.75, 3.05) is 0 Å². The second kappa shape index (κ2) is 8.19. The lowest BCUT2D eigenvalue weighted by Crippen LogP contribution is -2.58. The molecule has 188 valence electrons. The maximum Gasteiger partial charge on any atom is 0.138 e. The molecule has 0 spiro atoms. The molecule has 1 heterocycles. The van der Waals surface area contributed by atoms with Crippen molar-refractivity contribution in [3.05, 3.63) is 11.6 Å². The van der Waals surface area contributed by atoms with E-state index in [1.807, 2.05) is 6.92 Å². The highest BCUT2D eigenvalue weighted by atomic mass is 16.5. The molecule has 33 heavy (non-hydrogen) atoms. The molecule has 4 fully saturated rings. The van der Waals surface area contributed by atoms with E-state index in [0.717, 1.165) is 38.5 Å². The molecule has 1 saturated heterocycles. The number of fused-ring (bicyclic) bond motifs is 3. The Labute approximate surface area is 203 Å². The molecule has 0 aromatic rings. The molecular weight excluding hydrogens is 408 g/mol. The lowest BCUT2D eigenvalue weighted by molar-refractivity contribution is -0.183. The Balaban J connectivity index is 1.53. The maximum atomic E-state index is 12.8. The van der Waals surface area contributed by atoms with Crippen molar-refractivity contribution in [3.8, 4) is 0 Å². The zero-order valence-electron chi connectivity index (χ0n) is 22.7. The number of Topliss-reactive ketones (excluding diaryl/α,β-unsaturated/α-hetero) is 1. The lowest BCUT2D eigenvalue weighted by atomic mass is 9.42. The summed E-state index contributed by atoms with van der Waals surface area (Å²) in [4.78, 5) is 12.8. The Bertz CT molecular complexity index is 805. The van der Waals surface area contributed by atoms with E-state index in [1.165, 1.54) is 31.3 Å². The molecular formula is C30H50O3. The molecule has 3 aliphatic carbocycles. The van der Waals surface area contributed by atoms with E-state index in [9.17, 15) is 9.90 Å². The van der Waals surface area contributed by atoms with Crippen LogP contribution in [0.3, 0.4) is 0 Å². The van der Waals surface area contributed by atoms with Gasteiger partial charge in [-0.2, -0.15) is 0 Å². The minimum atomic E-state index is -0.778. The van der Waals surface area contributed by atoms with Gasteiger partial charge in [0.25, 0.3) is 0 Å². The van der Waals surface area contributed by atoms with Crippen molar-refractivity contribution in [2.45, 2.75) is 137 Å². The molecule has 8 atom stereocenters. The van der Waals surface area contributed by atoms with Crippen LogP contribution in [0.15, 0.2) is 11.6 Å². The number of ether oxygens (including phenoxy) is 1. The Morgan fingerprint density at radius 3 is 2.27 bits per heavy atom. The highest BCUT2D eigenvalue weighted by Gasteiger charge is 2.66. The van der Waals surface area contributed by atoms with Crippen molar-refractivity contribution in [3.63, 3.8) is 0 Å². The molecule has 3 saturated carbocycles. The third-order valence-corrected chi connectivity index (χ3v) is 11.3. The number of carbonyl (C=O) groups is 1. The molecule has 2 unspecified atom stereocenters. The number of rotatable bonds is 5. The van der Waals surface area contributed by atoms with Crippen molar-refractivity contribution < 1.29 is 14.6 Å². The first-order chi connectivity index (χ1) is 15.2. The average Bonchev–Trinajstić information content (AvgIpc) is 3.27. The third-order valence-electron chi connectivity index (χ3n) is 11.3. The summed E-state index contributed by atoms with van der Waals surface area (Å²) < 4.78 is 6.87. The number of ketones is 1. The van der Waals surface area contributed by atoms with Crippen LogP contribution in [-0.2, 0) is 9.53 Å². The highest BCUT2D eigenvalue weighted by Crippen LogP contribution is 2.71. The minimum Gasteiger partial charge on any atom is -0.387 e. The Morgan fingerprint density at radius 2 is 1.61 bits per heavy atom. The van der Waals surface area contributed by atoms with Crippen LogP contribution in [0.25, 0.3) is 0 Å². The van der Waals surface area contributed by atoms with Gasteiger partial charge in [-0.1, -0.05) is 39.3 Å². The van der Waals surface area contributed by atoms with Gasteiger partial charge in [-0.15, -0.1) is 0 Å². The molecule has 0 bridgehead atoms. The van der Waals surface area contributed by atoms with Gasteiger partial charge in [0.05, 0.1) is 17.3 Å². The summed E-state index contributed by atoms with van der Waals surface area (Å²) >= 11 is 0. The van der Waals surface area contributed by atoms with E-state index in [-0.39, 0.29) is 27.9 Å². The topological polar surface area (TPSA) is 46.5 Å². The van der Waals surface area contributed by atoms with Gasteiger partial charge in [-0.05, 0) is 114 Å². The van der Waals surface area contributed by atoms with Crippen LogP contribution in [0.2, 0.25) is 0 Å². The fourth-order valence-electron chi connectivity index (χ4n) is 9.50. The van der Waals surface area contributed by atoms with Gasteiger partial charge in [-0.25, -0.2) is 0 Å². The van der Waals surface area contributed by atoms with Gasteiger partial charge in [0, 0.05) is 11.8 Å². The van der Waals surface area contributed by atoms with Crippen molar-refractivity contribution in [1.82, 2.24) is 0 Å². The summed E-state index contributed by atoms with van der Waals surface area (Å²) in [6, 6.07) is 0. The maximum absolute atomic E-state index is 12.8. The second-order valence-electron chi connectivity index (χ2n) is 14.1. The van der Waals surface area contributed by atoms with E-state index < -0.39 is 5.60 Å². The largest absolute Gasteiger partial charge is 0.387 e. The van der Waals surface area contributed by atoms with Crippen molar-refractivity contribution in [2.24, 2.45) is 34.0 Å². The zero-order valence-corrected chi connectivity index (χ0v) is 22.7. The smallest absolute Gasteiger partial charge is 0.138 e. The van der Waals surface area contributed by atoms with E-state index in [0.29, 0.717) is 23.5 Å². The van der Waals surface area contributed by atoms with Crippen molar-refractivity contribution in [1.29, 1.82) is 0 Å². The molecule has 4 rings (SSSR count). The fourth-order valence-corrected chi connectivity index (χ4v) is 9.50. The summed E-state index contributed by atoms with van der Waals surface area (Å²) in [7, 11) is 0. The van der Waals surface area contributed by atoms with Gasteiger partial charge in [0.2, 0.25) is 0 Å². The number of aliphatic hydroxyl groups is 1. The molecule has 4 aliphatic rings. The summed E-state index contributed by atoms with van der Waals surface area (Å²) in [5.74, 6) is 2.18. The molecule has 0 aromatic heterocycles. The third kappa shape index (κ3) is 3.98. The number of carbonyl (C=O) groups excluding carboxylic acids is 1. The van der Waals surface area contributed by atoms with Crippen LogP contribution in [-0.4, -0.2) is 28.2 Å². The highest BCUT2D eigenvalue weighted by molar-refractivity contribution is 5.85.